The van der Waals surface area contributed by atoms with Crippen LogP contribution in [0.1, 0.15) is 44.5 Å². The average molecular weight is 830 g/mol. The molecule has 1 nitrogen and oxygen atoms in total. The van der Waals surface area contributed by atoms with Gasteiger partial charge < -0.3 is 4.90 Å². The minimum absolute atomic E-state index is 0.468. The van der Waals surface area contributed by atoms with Gasteiger partial charge in [-0.3, -0.25) is 0 Å². The fraction of sp³-hybridized carbons (Fsp3) is 0.0323. The van der Waals surface area contributed by atoms with Gasteiger partial charge in [-0.2, -0.15) is 0 Å². The number of para-hydroxylation sites is 1. The van der Waals surface area contributed by atoms with Crippen LogP contribution in [0.4, 0.5) is 17.1 Å². The summed E-state index contributed by atoms with van der Waals surface area (Å²) in [6, 6.07) is 89.1. The van der Waals surface area contributed by atoms with Crippen LogP contribution in [0.5, 0.6) is 0 Å². The Morgan fingerprint density at radius 3 is 1.30 bits per heavy atom. The third-order valence-electron chi connectivity index (χ3n) is 14.6. The predicted octanol–water partition coefficient (Wildman–Crippen LogP) is 16.2. The van der Waals surface area contributed by atoms with E-state index in [4.69, 9.17) is 0 Å². The van der Waals surface area contributed by atoms with E-state index in [1.807, 2.05) is 11.3 Å². The molecule has 0 amide bonds. The van der Waals surface area contributed by atoms with Crippen molar-refractivity contribution in [2.75, 3.05) is 4.90 Å². The lowest BCUT2D eigenvalue weighted by Gasteiger charge is -2.38. The summed E-state index contributed by atoms with van der Waals surface area (Å²) in [4.78, 5) is 2.57. The van der Waals surface area contributed by atoms with Crippen molar-refractivity contribution in [3.8, 4) is 33.4 Å². The first-order chi connectivity index (χ1) is 31.8. The average Bonchev–Trinajstić information content (AvgIpc) is 4.07. The van der Waals surface area contributed by atoms with Crippen LogP contribution in [0.15, 0.2) is 237 Å². The van der Waals surface area contributed by atoms with E-state index in [-0.39, 0.29) is 0 Å². The molecule has 0 unspecified atom stereocenters. The van der Waals surface area contributed by atoms with Crippen molar-refractivity contribution in [1.29, 1.82) is 0 Å². The lowest BCUT2D eigenvalue weighted by atomic mass is 9.67. The van der Waals surface area contributed by atoms with Crippen molar-refractivity contribution < 1.29 is 0 Å². The predicted molar refractivity (Wildman–Crippen MR) is 268 cm³/mol. The number of fused-ring (bicyclic) bond motifs is 16. The largest absolute Gasteiger partial charge is 0.310 e. The van der Waals surface area contributed by atoms with Crippen LogP contribution >= 0.6 is 11.3 Å². The van der Waals surface area contributed by atoms with Crippen LogP contribution in [0.3, 0.4) is 0 Å². The highest BCUT2D eigenvalue weighted by atomic mass is 32.1. The lowest BCUT2D eigenvalue weighted by Crippen LogP contribution is -2.31. The zero-order valence-electron chi connectivity index (χ0n) is 34.9. The summed E-state index contributed by atoms with van der Waals surface area (Å²) in [5, 5.41) is 2.60. The van der Waals surface area contributed by atoms with Gasteiger partial charge in [-0.05, 0) is 114 Å². The van der Waals surface area contributed by atoms with Crippen LogP contribution < -0.4 is 4.90 Å². The Morgan fingerprint density at radius 1 is 0.281 bits per heavy atom. The zero-order chi connectivity index (χ0) is 42.0. The van der Waals surface area contributed by atoms with Crippen molar-refractivity contribution in [1.82, 2.24) is 0 Å². The van der Waals surface area contributed by atoms with E-state index in [1.54, 1.807) is 0 Å². The molecule has 0 fully saturated rings. The molecular weight excluding hydrogens is 791 g/mol. The summed E-state index contributed by atoms with van der Waals surface area (Å²) >= 11 is 1.88. The number of nitrogens with zero attached hydrogens (tertiary/aromatic N) is 1. The highest BCUT2D eigenvalue weighted by molar-refractivity contribution is 7.25. The zero-order valence-corrected chi connectivity index (χ0v) is 35.7. The maximum Gasteiger partial charge on any atom is 0.0733 e. The van der Waals surface area contributed by atoms with E-state index < -0.39 is 10.8 Å². The van der Waals surface area contributed by atoms with Gasteiger partial charge in [0.15, 0.2) is 0 Å². The second-order valence-corrected chi connectivity index (χ2v) is 18.5. The molecule has 1 spiro atoms. The Morgan fingerprint density at radius 2 is 0.703 bits per heavy atom. The summed E-state index contributed by atoms with van der Waals surface area (Å²) in [7, 11) is 0. The van der Waals surface area contributed by atoms with Gasteiger partial charge in [-0.1, -0.05) is 200 Å². The van der Waals surface area contributed by atoms with Crippen LogP contribution in [-0.4, -0.2) is 0 Å². The van der Waals surface area contributed by atoms with Crippen molar-refractivity contribution in [3.05, 3.63) is 281 Å². The van der Waals surface area contributed by atoms with Crippen LogP contribution in [-0.2, 0) is 10.8 Å². The van der Waals surface area contributed by atoms with E-state index >= 15 is 0 Å². The molecule has 0 aliphatic heterocycles. The van der Waals surface area contributed by atoms with Gasteiger partial charge in [0.1, 0.15) is 0 Å². The molecule has 14 rings (SSSR count). The van der Waals surface area contributed by atoms with E-state index in [2.05, 4.69) is 241 Å². The molecule has 298 valence electrons. The van der Waals surface area contributed by atoms with Crippen LogP contribution in [0.25, 0.3) is 53.6 Å². The van der Waals surface area contributed by atoms with Crippen molar-refractivity contribution >= 4 is 48.6 Å². The molecular formula is C62H39NS. The smallest absolute Gasteiger partial charge is 0.0733 e. The van der Waals surface area contributed by atoms with Gasteiger partial charge in [0.2, 0.25) is 0 Å². The summed E-state index contributed by atoms with van der Waals surface area (Å²) in [6.07, 6.45) is 0. The molecule has 3 aliphatic rings. The lowest BCUT2D eigenvalue weighted by molar-refractivity contribution is 0.767. The normalized spacial score (nSPS) is 14.2. The third-order valence-corrected chi connectivity index (χ3v) is 15.7. The summed E-state index contributed by atoms with van der Waals surface area (Å²) in [6.45, 7) is 0. The standard InChI is InChI=1S/C62H39NS/c1-2-18-40(19-3-1)61(51-26-10-4-20-43(51)44-21-5-11-27-52(44)61)56-31-15-16-32-58(56)63(42-35-37-50-49-25-9-17-33-59(49)64-60(50)39-42)41-34-36-48-47-24-8-14-30-55(47)62(57(48)38-41)53-28-12-6-22-45(53)46-23-7-13-29-54(46)62/h1-39H. The number of hydrogen-bond acceptors (Lipinski definition) is 2. The van der Waals surface area contributed by atoms with Gasteiger partial charge in [0, 0.05) is 31.5 Å². The SMILES string of the molecule is c1ccc(C2(c3ccccc3N(c3ccc4c(c3)C3(c5ccccc5-c5ccccc53)c3ccccc3-4)c3ccc4c(c3)sc3ccccc34)c3ccccc3-c3ccccc32)cc1. The molecule has 0 bridgehead atoms. The third kappa shape index (κ3) is 4.57. The highest BCUT2D eigenvalue weighted by Crippen LogP contribution is 2.64. The topological polar surface area (TPSA) is 3.24 Å². The Kier molecular flexibility index (Phi) is 7.47. The van der Waals surface area contributed by atoms with Crippen LogP contribution in [0.2, 0.25) is 0 Å². The molecule has 1 heterocycles. The molecule has 0 radical (unpaired) electrons. The van der Waals surface area contributed by atoms with E-state index in [0.29, 0.717) is 0 Å². The molecule has 0 N–H and O–H groups in total. The highest BCUT2D eigenvalue weighted by Gasteiger charge is 2.52. The number of thiophene rings is 1. The van der Waals surface area contributed by atoms with E-state index in [1.165, 1.54) is 98.1 Å². The Labute approximate surface area is 376 Å². The van der Waals surface area contributed by atoms with Gasteiger partial charge in [-0.15, -0.1) is 11.3 Å². The van der Waals surface area contributed by atoms with Gasteiger partial charge in [-0.25, -0.2) is 0 Å². The quantitative estimate of drug-likeness (QED) is 0.167. The number of rotatable bonds is 5. The number of anilines is 3. The first kappa shape index (κ1) is 35.8. The van der Waals surface area contributed by atoms with Gasteiger partial charge in [0.05, 0.1) is 16.5 Å². The first-order valence-corrected chi connectivity index (χ1v) is 23.1. The van der Waals surface area contributed by atoms with Crippen molar-refractivity contribution in [2.24, 2.45) is 0 Å². The van der Waals surface area contributed by atoms with Crippen molar-refractivity contribution in [2.45, 2.75) is 10.8 Å². The molecule has 0 saturated heterocycles. The summed E-state index contributed by atoms with van der Waals surface area (Å²) in [5.74, 6) is 0. The van der Waals surface area contributed by atoms with Gasteiger partial charge in [0.25, 0.3) is 0 Å². The molecule has 2 heteroatoms. The van der Waals surface area contributed by atoms with Gasteiger partial charge >= 0.3 is 0 Å². The molecule has 0 atom stereocenters. The first-order valence-electron chi connectivity index (χ1n) is 22.3. The van der Waals surface area contributed by atoms with E-state index in [9.17, 15) is 0 Å². The monoisotopic (exact) mass is 829 g/mol. The van der Waals surface area contributed by atoms with Crippen LogP contribution in [0, 0.1) is 0 Å². The Bertz CT molecular complexity index is 3600. The molecule has 3 aliphatic carbocycles. The fourth-order valence-corrected chi connectivity index (χ4v) is 13.3. The second kappa shape index (κ2) is 13.4. The minimum Gasteiger partial charge on any atom is -0.310 e. The van der Waals surface area contributed by atoms with E-state index in [0.717, 1.165) is 17.1 Å². The summed E-state index contributed by atoms with van der Waals surface area (Å²) in [5.41, 5.74) is 20.6. The minimum atomic E-state index is -0.595. The number of hydrogen-bond donors (Lipinski definition) is 0. The molecule has 11 aromatic rings. The maximum atomic E-state index is 2.57. The summed E-state index contributed by atoms with van der Waals surface area (Å²) < 4.78 is 2.58. The molecule has 10 aromatic carbocycles. The Hall–Kier alpha value is -7.78. The maximum absolute atomic E-state index is 2.57. The van der Waals surface area contributed by atoms with Crippen molar-refractivity contribution in [3.63, 3.8) is 0 Å². The molecule has 0 saturated carbocycles. The molecule has 64 heavy (non-hydrogen) atoms. The second-order valence-electron chi connectivity index (χ2n) is 17.5. The molecule has 1 aromatic heterocycles. The Balaban J connectivity index is 1.09. The fourth-order valence-electron chi connectivity index (χ4n) is 12.2. The number of benzene rings is 10.